The molecule has 1 aliphatic rings. The van der Waals surface area contributed by atoms with E-state index in [4.69, 9.17) is 9.47 Å². The first-order valence-electron chi connectivity index (χ1n) is 6.74. The van der Waals surface area contributed by atoms with Gasteiger partial charge in [-0.3, -0.25) is 0 Å². The van der Waals surface area contributed by atoms with Gasteiger partial charge in [-0.15, -0.1) is 0 Å². The van der Waals surface area contributed by atoms with Crippen molar-refractivity contribution in [2.24, 2.45) is 0 Å². The summed E-state index contributed by atoms with van der Waals surface area (Å²) in [6.45, 7) is 2.99. The van der Waals surface area contributed by atoms with Crippen LogP contribution in [-0.2, 0) is 0 Å². The summed E-state index contributed by atoms with van der Waals surface area (Å²) in [5.74, 6) is 2.80. The Morgan fingerprint density at radius 2 is 2.15 bits per heavy atom. The minimum absolute atomic E-state index is 0.171. The molecule has 1 aliphatic heterocycles. The molecule has 0 aliphatic carbocycles. The van der Waals surface area contributed by atoms with Crippen LogP contribution < -0.4 is 14.8 Å². The van der Waals surface area contributed by atoms with Gasteiger partial charge in [0.2, 0.25) is 0 Å². The fourth-order valence-electron chi connectivity index (χ4n) is 2.74. The van der Waals surface area contributed by atoms with E-state index in [-0.39, 0.29) is 6.04 Å². The molecule has 1 unspecified atom stereocenters. The number of nitrogens with one attached hydrogen (secondary N) is 1. The molecule has 1 aromatic carbocycles. The highest BCUT2D eigenvalue weighted by Gasteiger charge is 2.26. The zero-order valence-corrected chi connectivity index (χ0v) is 12.0. The molecule has 20 heavy (non-hydrogen) atoms. The molecule has 0 amide bonds. The van der Waals surface area contributed by atoms with Crippen molar-refractivity contribution in [1.82, 2.24) is 9.78 Å². The summed E-state index contributed by atoms with van der Waals surface area (Å²) in [6.07, 6.45) is 2.87. The van der Waals surface area contributed by atoms with Crippen LogP contribution in [0.5, 0.6) is 11.5 Å². The van der Waals surface area contributed by atoms with Gasteiger partial charge in [-0.1, -0.05) is 0 Å². The average Bonchev–Trinajstić information content (AvgIpc) is 2.88. The normalized spacial score (nSPS) is 17.2. The maximum Gasteiger partial charge on any atom is 0.127 e. The highest BCUT2D eigenvalue weighted by atomic mass is 16.5. The van der Waals surface area contributed by atoms with E-state index in [0.29, 0.717) is 0 Å². The van der Waals surface area contributed by atoms with Crippen LogP contribution >= 0.6 is 0 Å². The zero-order chi connectivity index (χ0) is 14.1. The van der Waals surface area contributed by atoms with Gasteiger partial charge in [0.15, 0.2) is 0 Å². The van der Waals surface area contributed by atoms with Gasteiger partial charge in [0, 0.05) is 17.7 Å². The van der Waals surface area contributed by atoms with Gasteiger partial charge in [-0.05, 0) is 31.5 Å². The van der Waals surface area contributed by atoms with E-state index in [2.05, 4.69) is 17.3 Å². The van der Waals surface area contributed by atoms with Gasteiger partial charge >= 0.3 is 0 Å². The van der Waals surface area contributed by atoms with Gasteiger partial charge < -0.3 is 14.8 Å². The topological polar surface area (TPSA) is 48.3 Å². The maximum absolute atomic E-state index is 5.50. The molecule has 3 rings (SSSR count). The number of fused-ring (bicyclic) bond motifs is 1. The molecule has 2 heterocycles. The van der Waals surface area contributed by atoms with Gasteiger partial charge in [0.1, 0.15) is 17.3 Å². The Hall–Kier alpha value is -2.17. The number of anilines is 1. The minimum atomic E-state index is 0.171. The van der Waals surface area contributed by atoms with E-state index in [0.717, 1.165) is 41.4 Å². The van der Waals surface area contributed by atoms with Gasteiger partial charge in [-0.25, -0.2) is 4.68 Å². The van der Waals surface area contributed by atoms with Crippen LogP contribution in [0.2, 0.25) is 0 Å². The van der Waals surface area contributed by atoms with Crippen molar-refractivity contribution in [3.63, 3.8) is 0 Å². The quantitative estimate of drug-likeness (QED) is 0.934. The second kappa shape index (κ2) is 5.07. The Morgan fingerprint density at radius 3 is 2.90 bits per heavy atom. The van der Waals surface area contributed by atoms with Crippen molar-refractivity contribution in [2.45, 2.75) is 19.4 Å². The van der Waals surface area contributed by atoms with E-state index in [1.54, 1.807) is 14.2 Å². The molecule has 0 spiro atoms. The van der Waals surface area contributed by atoms with Crippen molar-refractivity contribution in [2.75, 3.05) is 26.1 Å². The first-order valence-corrected chi connectivity index (χ1v) is 6.74. The number of hydrogen-bond donors (Lipinski definition) is 1. The summed E-state index contributed by atoms with van der Waals surface area (Å²) in [5.41, 5.74) is 2.27. The van der Waals surface area contributed by atoms with Crippen LogP contribution in [-0.4, -0.2) is 30.5 Å². The lowest BCUT2D eigenvalue weighted by Gasteiger charge is -2.27. The van der Waals surface area contributed by atoms with Crippen molar-refractivity contribution in [1.29, 1.82) is 0 Å². The molecular weight excluding hydrogens is 254 g/mol. The Kier molecular flexibility index (Phi) is 3.26. The van der Waals surface area contributed by atoms with Crippen LogP contribution in [0, 0.1) is 6.92 Å². The fraction of sp³-hybridized carbons (Fsp3) is 0.400. The Labute approximate surface area is 118 Å². The lowest BCUT2D eigenvalue weighted by molar-refractivity contribution is 0.383. The van der Waals surface area contributed by atoms with Crippen molar-refractivity contribution in [3.8, 4) is 11.5 Å². The standard InChI is InChI=1S/C15H19N3O2/c1-10-9-17-18-13(6-7-16-15(10)18)12-8-11(19-2)4-5-14(12)20-3/h4-5,8-9,13,16H,6-7H2,1-3H3. The van der Waals surface area contributed by atoms with Crippen molar-refractivity contribution >= 4 is 5.82 Å². The van der Waals surface area contributed by atoms with E-state index < -0.39 is 0 Å². The summed E-state index contributed by atoms with van der Waals surface area (Å²) in [5, 5.41) is 7.91. The Balaban J connectivity index is 2.09. The fourth-order valence-corrected chi connectivity index (χ4v) is 2.74. The number of nitrogens with zero attached hydrogens (tertiary/aromatic N) is 2. The molecule has 1 atom stereocenters. The van der Waals surface area contributed by atoms with Crippen LogP contribution in [0.3, 0.4) is 0 Å². The predicted molar refractivity (Wildman–Crippen MR) is 77.8 cm³/mol. The third-order valence-corrected chi connectivity index (χ3v) is 3.78. The van der Waals surface area contributed by atoms with Crippen LogP contribution in [0.25, 0.3) is 0 Å². The largest absolute Gasteiger partial charge is 0.497 e. The number of methoxy groups -OCH3 is 2. The second-order valence-electron chi connectivity index (χ2n) is 4.96. The highest BCUT2D eigenvalue weighted by Crippen LogP contribution is 2.37. The summed E-state index contributed by atoms with van der Waals surface area (Å²) in [7, 11) is 3.37. The lowest BCUT2D eigenvalue weighted by atomic mass is 10.0. The number of aromatic nitrogens is 2. The van der Waals surface area contributed by atoms with Crippen LogP contribution in [0.1, 0.15) is 23.6 Å². The smallest absolute Gasteiger partial charge is 0.127 e. The zero-order valence-electron chi connectivity index (χ0n) is 12.0. The molecule has 5 heteroatoms. The number of benzene rings is 1. The average molecular weight is 273 g/mol. The lowest BCUT2D eigenvalue weighted by Crippen LogP contribution is -2.25. The summed E-state index contributed by atoms with van der Waals surface area (Å²) in [6, 6.07) is 6.07. The first kappa shape index (κ1) is 12.8. The van der Waals surface area contributed by atoms with Gasteiger partial charge in [0.05, 0.1) is 26.5 Å². The monoisotopic (exact) mass is 273 g/mol. The molecule has 106 valence electrons. The molecule has 0 radical (unpaired) electrons. The van der Waals surface area contributed by atoms with Crippen LogP contribution in [0.15, 0.2) is 24.4 Å². The molecule has 1 aromatic heterocycles. The molecule has 5 nitrogen and oxygen atoms in total. The first-order chi connectivity index (χ1) is 9.74. The SMILES string of the molecule is COc1ccc(OC)c(C2CCNc3c(C)cnn32)c1. The number of aryl methyl sites for hydroxylation is 1. The Morgan fingerprint density at radius 1 is 1.30 bits per heavy atom. The maximum atomic E-state index is 5.50. The van der Waals surface area contributed by atoms with E-state index in [1.165, 1.54) is 0 Å². The molecule has 2 aromatic rings. The molecule has 0 saturated heterocycles. The minimum Gasteiger partial charge on any atom is -0.497 e. The van der Waals surface area contributed by atoms with Crippen molar-refractivity contribution < 1.29 is 9.47 Å². The summed E-state index contributed by atoms with van der Waals surface area (Å²) in [4.78, 5) is 0. The van der Waals surface area contributed by atoms with Gasteiger partial charge in [-0.2, -0.15) is 5.10 Å². The van der Waals surface area contributed by atoms with E-state index in [9.17, 15) is 0 Å². The summed E-state index contributed by atoms with van der Waals surface area (Å²) < 4.78 is 12.9. The Bertz CT molecular complexity index is 622. The van der Waals surface area contributed by atoms with Gasteiger partial charge in [0.25, 0.3) is 0 Å². The number of rotatable bonds is 3. The second-order valence-corrected chi connectivity index (χ2v) is 4.96. The summed E-state index contributed by atoms with van der Waals surface area (Å²) >= 11 is 0. The van der Waals surface area contributed by atoms with Crippen LogP contribution in [0.4, 0.5) is 5.82 Å². The number of hydrogen-bond acceptors (Lipinski definition) is 4. The molecular formula is C15H19N3O2. The highest BCUT2D eigenvalue weighted by molar-refractivity contribution is 5.49. The van der Waals surface area contributed by atoms with E-state index in [1.807, 2.05) is 29.1 Å². The number of ether oxygens (including phenoxy) is 2. The molecule has 0 fully saturated rings. The van der Waals surface area contributed by atoms with Crippen molar-refractivity contribution in [3.05, 3.63) is 35.5 Å². The molecule has 0 saturated carbocycles. The van der Waals surface area contributed by atoms with E-state index >= 15 is 0 Å². The third kappa shape index (κ3) is 1.99. The molecule has 1 N–H and O–H groups in total. The molecule has 0 bridgehead atoms. The predicted octanol–water partition coefficient (Wildman–Crippen LogP) is 2.61. The third-order valence-electron chi connectivity index (χ3n) is 3.78.